The van der Waals surface area contributed by atoms with Crippen molar-refractivity contribution in [2.24, 2.45) is 16.5 Å². The molecule has 0 aliphatic rings. The summed E-state index contributed by atoms with van der Waals surface area (Å²) in [4.78, 5) is 3.70. The summed E-state index contributed by atoms with van der Waals surface area (Å²) in [5, 5.41) is 10.1. The van der Waals surface area contributed by atoms with Crippen LogP contribution in [0.5, 0.6) is 0 Å². The number of rotatable bonds is 3. The number of nitrogens with one attached hydrogen (secondary N) is 1. The minimum absolute atomic E-state index is 0.0856. The summed E-state index contributed by atoms with van der Waals surface area (Å²) < 4.78 is 1.07. The van der Waals surface area contributed by atoms with E-state index in [0.29, 0.717) is 5.75 Å². The van der Waals surface area contributed by atoms with Crippen molar-refractivity contribution in [2.45, 2.75) is 26.0 Å². The van der Waals surface area contributed by atoms with Gasteiger partial charge < -0.3 is 11.5 Å². The van der Waals surface area contributed by atoms with Gasteiger partial charge in [0, 0.05) is 10.2 Å². The number of thioether (sulfide) groups is 1. The second-order valence-corrected chi connectivity index (χ2v) is 5.83. The molecule has 0 amide bonds. The third kappa shape index (κ3) is 6.49. The Hall–Kier alpha value is -1.53. The zero-order chi connectivity index (χ0) is 17.1. The van der Waals surface area contributed by atoms with E-state index < -0.39 is 0 Å². The molecule has 0 atom stereocenters. The fourth-order valence-electron chi connectivity index (χ4n) is 1.72. The van der Waals surface area contributed by atoms with Crippen LogP contribution in [0.2, 0.25) is 0 Å². The first-order valence-electron chi connectivity index (χ1n) is 6.74. The number of aliphatic imine (C=N–C) groups is 1. The van der Waals surface area contributed by atoms with E-state index in [-0.39, 0.29) is 11.1 Å². The van der Waals surface area contributed by atoms with Crippen molar-refractivity contribution in [3.05, 3.63) is 45.8 Å². The predicted octanol–water partition coefficient (Wildman–Crippen LogP) is 2.68. The van der Waals surface area contributed by atoms with Crippen LogP contribution in [0, 0.1) is 5.41 Å². The summed E-state index contributed by atoms with van der Waals surface area (Å²) in [7, 11) is 0. The summed E-state index contributed by atoms with van der Waals surface area (Å²) in [5.74, 6) is 0.558. The quantitative estimate of drug-likeness (QED) is 0.426. The second kappa shape index (κ2) is 11.1. The van der Waals surface area contributed by atoms with Gasteiger partial charge in [-0.25, -0.2) is 0 Å². The van der Waals surface area contributed by atoms with Crippen LogP contribution in [0.3, 0.4) is 0 Å². The number of nitrogens with two attached hydrogens (primary N) is 2. The molecule has 1 rings (SSSR count). The Labute approximate surface area is 144 Å². The van der Waals surface area contributed by atoms with Gasteiger partial charge in [-0.15, -0.1) is 13.2 Å². The molecule has 5 N–H and O–H groups in total. The molecule has 0 radical (unpaired) electrons. The third-order valence-corrected chi connectivity index (χ3v) is 4.36. The van der Waals surface area contributed by atoms with Crippen molar-refractivity contribution in [3.8, 4) is 0 Å². The van der Waals surface area contributed by atoms with Gasteiger partial charge in [0.15, 0.2) is 11.1 Å². The number of nitrogens with zero attached hydrogens (tertiary/aromatic N) is 1. The second-order valence-electron chi connectivity index (χ2n) is 4.07. The van der Waals surface area contributed by atoms with Crippen LogP contribution in [-0.2, 0) is 5.75 Å². The maximum absolute atomic E-state index is 7.64. The van der Waals surface area contributed by atoms with E-state index in [9.17, 15) is 0 Å². The summed E-state index contributed by atoms with van der Waals surface area (Å²) in [6.45, 7) is 10.1. The normalized spacial score (nSPS) is 11.6. The fourth-order valence-corrected chi connectivity index (χ4v) is 3.27. The van der Waals surface area contributed by atoms with Gasteiger partial charge in [-0.3, -0.25) is 5.41 Å². The van der Waals surface area contributed by atoms with E-state index in [1.54, 1.807) is 0 Å². The molecular weight excluding hydrogens is 360 g/mol. The summed E-state index contributed by atoms with van der Waals surface area (Å²) in [5.41, 5.74) is 11.6. The fraction of sp³-hybridized carbons (Fsp3) is 0.250. The molecule has 0 spiro atoms. The predicted molar refractivity (Wildman–Crippen MR) is 104 cm³/mol. The lowest BCUT2D eigenvalue weighted by Crippen LogP contribution is -2.26. The first-order valence-corrected chi connectivity index (χ1v) is 8.52. The van der Waals surface area contributed by atoms with Crippen LogP contribution in [-0.4, -0.2) is 11.1 Å². The molecule has 0 aliphatic heterocycles. The molecule has 120 valence electrons. The van der Waals surface area contributed by atoms with Gasteiger partial charge in [0.25, 0.3) is 0 Å². The van der Waals surface area contributed by atoms with Gasteiger partial charge in [0.2, 0.25) is 0 Å². The van der Waals surface area contributed by atoms with Crippen LogP contribution in [0.4, 0.5) is 0 Å². The monoisotopic (exact) mass is 382 g/mol. The highest BCUT2D eigenvalue weighted by atomic mass is 79.9. The van der Waals surface area contributed by atoms with E-state index in [4.69, 9.17) is 16.9 Å². The van der Waals surface area contributed by atoms with E-state index in [0.717, 1.165) is 16.5 Å². The molecule has 0 fully saturated rings. The van der Waals surface area contributed by atoms with Gasteiger partial charge in [-0.1, -0.05) is 43.0 Å². The van der Waals surface area contributed by atoms with Crippen molar-refractivity contribution in [2.75, 3.05) is 0 Å². The largest absolute Gasteiger partial charge is 0.370 e. The molecule has 0 heterocycles. The lowest BCUT2D eigenvalue weighted by atomic mass is 10.1. The molecule has 6 heteroatoms. The van der Waals surface area contributed by atoms with Crippen molar-refractivity contribution >= 4 is 51.0 Å². The molecule has 22 heavy (non-hydrogen) atoms. The minimum atomic E-state index is -0.0856. The molecule has 0 bridgehead atoms. The molecule has 4 nitrogen and oxygen atoms in total. The van der Waals surface area contributed by atoms with Crippen LogP contribution in [0.25, 0.3) is 12.2 Å². The Morgan fingerprint density at radius 2 is 2.05 bits per heavy atom. The van der Waals surface area contributed by atoms with Gasteiger partial charge in [-0.05, 0) is 45.3 Å². The van der Waals surface area contributed by atoms with Crippen molar-refractivity contribution in [1.82, 2.24) is 0 Å². The van der Waals surface area contributed by atoms with Crippen LogP contribution in [0.15, 0.2) is 34.8 Å². The molecule has 0 aliphatic carbocycles. The average molecular weight is 383 g/mol. The summed E-state index contributed by atoms with van der Waals surface area (Å²) >= 11 is 4.95. The Balaban J connectivity index is 0.00000211. The zero-order valence-electron chi connectivity index (χ0n) is 13.0. The number of amidine groups is 1. The molecule has 0 saturated heterocycles. The number of hydrogen-bond acceptors (Lipinski definition) is 2. The highest BCUT2D eigenvalue weighted by Crippen LogP contribution is 2.18. The maximum atomic E-state index is 7.64. The first-order chi connectivity index (χ1) is 10.5. The number of benzene rings is 1. The van der Waals surface area contributed by atoms with Gasteiger partial charge in [0.1, 0.15) is 0 Å². The number of halogens is 1. The highest BCUT2D eigenvalue weighted by molar-refractivity contribution is 9.10. The molecule has 1 aromatic carbocycles. The Morgan fingerprint density at radius 1 is 1.41 bits per heavy atom. The minimum Gasteiger partial charge on any atom is -0.370 e. The van der Waals surface area contributed by atoms with Crippen molar-refractivity contribution < 1.29 is 0 Å². The topological polar surface area (TPSA) is 88.2 Å². The lowest BCUT2D eigenvalue weighted by Gasteiger charge is -2.05. The van der Waals surface area contributed by atoms with Crippen LogP contribution >= 0.6 is 27.7 Å². The number of guanidine groups is 1. The molecular formula is C16H23BrN4S. The lowest BCUT2D eigenvalue weighted by molar-refractivity contribution is 1.25. The van der Waals surface area contributed by atoms with E-state index in [1.165, 1.54) is 22.2 Å². The Morgan fingerprint density at radius 3 is 2.55 bits per heavy atom. The van der Waals surface area contributed by atoms with Gasteiger partial charge in [0.05, 0.1) is 0 Å². The zero-order valence-corrected chi connectivity index (χ0v) is 15.4. The third-order valence-electron chi connectivity index (χ3n) is 2.61. The van der Waals surface area contributed by atoms with Crippen LogP contribution in [0.1, 0.15) is 25.8 Å². The molecule has 1 aromatic rings. The first kappa shape index (κ1) is 20.5. The van der Waals surface area contributed by atoms with E-state index in [1.807, 2.05) is 6.92 Å². The van der Waals surface area contributed by atoms with Gasteiger partial charge in [-0.2, -0.15) is 4.99 Å². The van der Waals surface area contributed by atoms with E-state index >= 15 is 0 Å². The van der Waals surface area contributed by atoms with Crippen LogP contribution < -0.4 is 21.9 Å². The van der Waals surface area contributed by atoms with Gasteiger partial charge >= 0.3 is 0 Å². The smallest absolute Gasteiger partial charge is 0.193 e. The Bertz CT molecular complexity index is 649. The average Bonchev–Trinajstić information content (AvgIpc) is 2.49. The van der Waals surface area contributed by atoms with E-state index in [2.05, 4.69) is 65.3 Å². The standard InChI is InChI=1S/C14H19BrN4S.C2H4/c1-3-5-11-9(4-2)6-7-10(12(11)15)8-20-14(18)19-13(16)17;1-2/h4-7H,3,8H2,1-2H3,(H5,16,17,18,19);1-2H2/b9-4-,11-5+;. The highest BCUT2D eigenvalue weighted by Gasteiger charge is 2.04. The SMILES string of the molecule is C/C=c1/ccc(CSC(=N)N=C(N)N)c(Br)/c1=C/CC.C=C. The summed E-state index contributed by atoms with van der Waals surface area (Å²) in [6, 6.07) is 4.15. The Kier molecular flexibility index (Phi) is 10.3. The molecule has 0 aromatic heterocycles. The van der Waals surface area contributed by atoms with Crippen molar-refractivity contribution in [1.29, 1.82) is 5.41 Å². The number of hydrogen-bond donors (Lipinski definition) is 3. The molecule has 0 saturated carbocycles. The maximum Gasteiger partial charge on any atom is 0.193 e. The summed E-state index contributed by atoms with van der Waals surface area (Å²) in [6.07, 6.45) is 5.25. The molecule has 0 unspecified atom stereocenters. The van der Waals surface area contributed by atoms with Crippen molar-refractivity contribution in [3.63, 3.8) is 0 Å².